The number of hydrogen-bond acceptors (Lipinski definition) is 5. The number of ether oxygens (including phenoxy) is 1. The van der Waals surface area contributed by atoms with Crippen LogP contribution in [-0.4, -0.2) is 38.1 Å². The standard InChI is InChI=1S/C19H16N4O2/c24-11-12-25-19-16(14-7-3-1-4-8-14)13-17-20-21-18(23(17)22-19)15-9-5-2-6-10-15/h1-10,13,24H,11-12H2. The van der Waals surface area contributed by atoms with E-state index in [0.717, 1.165) is 16.7 Å². The van der Waals surface area contributed by atoms with Crippen molar-refractivity contribution in [1.29, 1.82) is 0 Å². The van der Waals surface area contributed by atoms with Gasteiger partial charge < -0.3 is 9.84 Å². The first-order chi connectivity index (χ1) is 12.4. The lowest BCUT2D eigenvalue weighted by Gasteiger charge is -2.10. The van der Waals surface area contributed by atoms with Crippen LogP contribution >= 0.6 is 0 Å². The Hall–Kier alpha value is -3.25. The number of aliphatic hydroxyl groups excluding tert-OH is 1. The fourth-order valence-corrected chi connectivity index (χ4v) is 2.66. The Morgan fingerprint density at radius 2 is 1.56 bits per heavy atom. The van der Waals surface area contributed by atoms with Gasteiger partial charge in [0.05, 0.1) is 6.61 Å². The Morgan fingerprint density at radius 1 is 0.880 bits per heavy atom. The molecule has 25 heavy (non-hydrogen) atoms. The lowest BCUT2D eigenvalue weighted by molar-refractivity contribution is 0.196. The van der Waals surface area contributed by atoms with Crippen molar-refractivity contribution in [3.63, 3.8) is 0 Å². The maximum absolute atomic E-state index is 9.11. The van der Waals surface area contributed by atoms with E-state index >= 15 is 0 Å². The molecule has 6 heteroatoms. The largest absolute Gasteiger partial charge is 0.474 e. The number of benzene rings is 2. The van der Waals surface area contributed by atoms with E-state index in [1.165, 1.54) is 0 Å². The number of hydrogen-bond donors (Lipinski definition) is 1. The zero-order chi connectivity index (χ0) is 17.1. The van der Waals surface area contributed by atoms with Gasteiger partial charge in [-0.15, -0.1) is 15.3 Å². The molecule has 2 heterocycles. The van der Waals surface area contributed by atoms with Crippen molar-refractivity contribution in [3.8, 4) is 28.4 Å². The highest BCUT2D eigenvalue weighted by atomic mass is 16.5. The molecular weight excluding hydrogens is 316 g/mol. The molecule has 2 aromatic carbocycles. The van der Waals surface area contributed by atoms with Crippen molar-refractivity contribution in [2.75, 3.05) is 13.2 Å². The van der Waals surface area contributed by atoms with Gasteiger partial charge in [-0.2, -0.15) is 4.52 Å². The van der Waals surface area contributed by atoms with E-state index in [0.29, 0.717) is 17.4 Å². The number of aliphatic hydroxyl groups is 1. The van der Waals surface area contributed by atoms with E-state index in [1.807, 2.05) is 66.7 Å². The molecule has 4 rings (SSSR count). The molecule has 6 nitrogen and oxygen atoms in total. The van der Waals surface area contributed by atoms with E-state index in [2.05, 4.69) is 15.3 Å². The zero-order valence-corrected chi connectivity index (χ0v) is 13.4. The summed E-state index contributed by atoms with van der Waals surface area (Å²) in [5, 5.41) is 22.2. The van der Waals surface area contributed by atoms with Gasteiger partial charge in [-0.25, -0.2) is 0 Å². The molecule has 124 valence electrons. The molecule has 0 aliphatic carbocycles. The van der Waals surface area contributed by atoms with Crippen LogP contribution in [0.5, 0.6) is 5.88 Å². The van der Waals surface area contributed by atoms with Gasteiger partial charge in [-0.3, -0.25) is 0 Å². The summed E-state index contributed by atoms with van der Waals surface area (Å²) in [5.74, 6) is 1.08. The summed E-state index contributed by atoms with van der Waals surface area (Å²) in [4.78, 5) is 0. The first-order valence-electron chi connectivity index (χ1n) is 7.98. The van der Waals surface area contributed by atoms with Gasteiger partial charge >= 0.3 is 0 Å². The van der Waals surface area contributed by atoms with E-state index in [-0.39, 0.29) is 13.2 Å². The number of rotatable bonds is 5. The van der Waals surface area contributed by atoms with E-state index in [1.54, 1.807) is 4.52 Å². The van der Waals surface area contributed by atoms with Gasteiger partial charge in [0.1, 0.15) is 6.61 Å². The van der Waals surface area contributed by atoms with Crippen molar-refractivity contribution in [2.45, 2.75) is 0 Å². The second-order valence-corrected chi connectivity index (χ2v) is 5.46. The van der Waals surface area contributed by atoms with Crippen molar-refractivity contribution >= 4 is 5.65 Å². The van der Waals surface area contributed by atoms with E-state index in [4.69, 9.17) is 9.84 Å². The monoisotopic (exact) mass is 332 g/mol. The van der Waals surface area contributed by atoms with Gasteiger partial charge in [0, 0.05) is 11.1 Å². The fourth-order valence-electron chi connectivity index (χ4n) is 2.66. The topological polar surface area (TPSA) is 72.5 Å². The summed E-state index contributed by atoms with van der Waals surface area (Å²) >= 11 is 0. The molecule has 4 aromatic rings. The summed E-state index contributed by atoms with van der Waals surface area (Å²) in [6.07, 6.45) is 0. The fraction of sp³-hybridized carbons (Fsp3) is 0.105. The maximum Gasteiger partial charge on any atom is 0.239 e. The highest BCUT2D eigenvalue weighted by Gasteiger charge is 2.15. The molecule has 2 aromatic heterocycles. The Balaban J connectivity index is 1.89. The average molecular weight is 332 g/mol. The van der Waals surface area contributed by atoms with Gasteiger partial charge in [0.15, 0.2) is 11.5 Å². The van der Waals surface area contributed by atoms with Crippen LogP contribution in [0.25, 0.3) is 28.2 Å². The third-order valence-corrected chi connectivity index (χ3v) is 3.81. The smallest absolute Gasteiger partial charge is 0.239 e. The van der Waals surface area contributed by atoms with Crippen LogP contribution < -0.4 is 4.74 Å². The van der Waals surface area contributed by atoms with Crippen LogP contribution in [-0.2, 0) is 0 Å². The van der Waals surface area contributed by atoms with E-state index < -0.39 is 0 Å². The van der Waals surface area contributed by atoms with Crippen molar-refractivity contribution in [1.82, 2.24) is 19.8 Å². The summed E-state index contributed by atoms with van der Waals surface area (Å²) in [5.41, 5.74) is 3.33. The van der Waals surface area contributed by atoms with Gasteiger partial charge in [-0.1, -0.05) is 60.7 Å². The van der Waals surface area contributed by atoms with Crippen LogP contribution in [0.15, 0.2) is 66.7 Å². The minimum absolute atomic E-state index is 0.0817. The van der Waals surface area contributed by atoms with Crippen LogP contribution in [0.3, 0.4) is 0 Å². The molecule has 0 atom stereocenters. The molecule has 0 unspecified atom stereocenters. The van der Waals surface area contributed by atoms with Crippen molar-refractivity contribution in [3.05, 3.63) is 66.7 Å². The lowest BCUT2D eigenvalue weighted by Crippen LogP contribution is -2.07. The minimum atomic E-state index is -0.0817. The molecule has 0 saturated carbocycles. The summed E-state index contributed by atoms with van der Waals surface area (Å²) in [7, 11) is 0. The van der Waals surface area contributed by atoms with Crippen LogP contribution in [0, 0.1) is 0 Å². The molecule has 0 bridgehead atoms. The lowest BCUT2D eigenvalue weighted by atomic mass is 10.1. The average Bonchev–Trinajstić information content (AvgIpc) is 3.10. The highest BCUT2D eigenvalue weighted by Crippen LogP contribution is 2.30. The second-order valence-electron chi connectivity index (χ2n) is 5.46. The number of nitrogens with zero attached hydrogens (tertiary/aromatic N) is 4. The second kappa shape index (κ2) is 6.70. The summed E-state index contributed by atoms with van der Waals surface area (Å²) in [6.45, 7) is 0.0861. The Kier molecular flexibility index (Phi) is 4.10. The van der Waals surface area contributed by atoms with Crippen molar-refractivity contribution < 1.29 is 9.84 Å². The minimum Gasteiger partial charge on any atom is -0.474 e. The zero-order valence-electron chi connectivity index (χ0n) is 13.4. The SMILES string of the molecule is OCCOc1nn2c(-c3ccccc3)nnc2cc1-c1ccccc1. The predicted molar refractivity (Wildman–Crippen MR) is 94.2 cm³/mol. The molecule has 0 aliphatic heterocycles. The Bertz CT molecular complexity index is 984. The summed E-state index contributed by atoms with van der Waals surface area (Å²) < 4.78 is 7.33. The molecule has 1 N–H and O–H groups in total. The summed E-state index contributed by atoms with van der Waals surface area (Å²) in [6, 6.07) is 21.5. The van der Waals surface area contributed by atoms with Crippen molar-refractivity contribution in [2.24, 2.45) is 0 Å². The van der Waals surface area contributed by atoms with Gasteiger partial charge in [0.25, 0.3) is 0 Å². The molecular formula is C19H16N4O2. The Labute approximate surface area is 144 Å². The third-order valence-electron chi connectivity index (χ3n) is 3.81. The third kappa shape index (κ3) is 2.95. The highest BCUT2D eigenvalue weighted by molar-refractivity contribution is 5.72. The molecule has 0 spiro atoms. The maximum atomic E-state index is 9.11. The van der Waals surface area contributed by atoms with Gasteiger partial charge in [0.2, 0.25) is 5.88 Å². The molecule has 0 saturated heterocycles. The van der Waals surface area contributed by atoms with Crippen LogP contribution in [0.2, 0.25) is 0 Å². The number of fused-ring (bicyclic) bond motifs is 1. The first kappa shape index (κ1) is 15.3. The molecule has 0 radical (unpaired) electrons. The number of aromatic nitrogens is 4. The molecule has 0 amide bonds. The van der Waals surface area contributed by atoms with Gasteiger partial charge in [-0.05, 0) is 11.6 Å². The first-order valence-corrected chi connectivity index (χ1v) is 7.98. The van der Waals surface area contributed by atoms with Crippen LogP contribution in [0.4, 0.5) is 0 Å². The predicted octanol–water partition coefficient (Wildman–Crippen LogP) is 2.83. The van der Waals surface area contributed by atoms with Crippen LogP contribution in [0.1, 0.15) is 0 Å². The normalized spacial score (nSPS) is 10.9. The quantitative estimate of drug-likeness (QED) is 0.608. The molecule has 0 fully saturated rings. The van der Waals surface area contributed by atoms with E-state index in [9.17, 15) is 0 Å². The Morgan fingerprint density at radius 3 is 2.24 bits per heavy atom. The molecule has 0 aliphatic rings.